The van der Waals surface area contributed by atoms with E-state index >= 15 is 0 Å². The summed E-state index contributed by atoms with van der Waals surface area (Å²) in [6, 6.07) is 19.1. The van der Waals surface area contributed by atoms with Crippen molar-refractivity contribution in [3.05, 3.63) is 66.0 Å². The summed E-state index contributed by atoms with van der Waals surface area (Å²) in [5.41, 5.74) is 3.52. The lowest BCUT2D eigenvalue weighted by atomic mass is 10.1. The van der Waals surface area contributed by atoms with Gasteiger partial charge in [-0.05, 0) is 44.4 Å². The molecular weight excluding hydrogens is 461 g/mol. The van der Waals surface area contributed by atoms with Gasteiger partial charge in [0, 0.05) is 19.6 Å². The van der Waals surface area contributed by atoms with Crippen molar-refractivity contribution in [3.63, 3.8) is 0 Å². The monoisotopic (exact) mass is 491 g/mol. The molecule has 28 heavy (non-hydrogen) atoms. The second kappa shape index (κ2) is 11.0. The van der Waals surface area contributed by atoms with E-state index in [0.29, 0.717) is 12.6 Å². The molecule has 1 aromatic heterocycles. The van der Waals surface area contributed by atoms with Gasteiger partial charge < -0.3 is 15.2 Å². The third-order valence-corrected chi connectivity index (χ3v) is 4.69. The lowest BCUT2D eigenvalue weighted by Gasteiger charge is -2.18. The Morgan fingerprint density at radius 3 is 2.54 bits per heavy atom. The van der Waals surface area contributed by atoms with Crippen molar-refractivity contribution >= 4 is 41.0 Å². The van der Waals surface area contributed by atoms with Crippen LogP contribution in [0, 0.1) is 0 Å². The van der Waals surface area contributed by atoms with Crippen molar-refractivity contribution in [1.82, 2.24) is 20.2 Å². The molecule has 3 rings (SSSR count). The zero-order valence-electron chi connectivity index (χ0n) is 16.9. The van der Waals surface area contributed by atoms with Gasteiger partial charge in [0.15, 0.2) is 5.96 Å². The minimum absolute atomic E-state index is 0. The third kappa shape index (κ3) is 5.95. The maximum absolute atomic E-state index is 4.75. The third-order valence-electron chi connectivity index (χ3n) is 4.69. The average molecular weight is 491 g/mol. The predicted octanol–water partition coefficient (Wildman–Crippen LogP) is 4.27. The Balaban J connectivity index is 0.00000280. The first kappa shape index (κ1) is 22.2. The summed E-state index contributed by atoms with van der Waals surface area (Å²) in [5.74, 6) is 1.80. The van der Waals surface area contributed by atoms with Crippen LogP contribution in [0.5, 0.6) is 0 Å². The number of aromatic nitrogens is 2. The number of benzene rings is 2. The first-order valence-electron chi connectivity index (χ1n) is 9.66. The average Bonchev–Trinajstić information content (AvgIpc) is 3.01. The van der Waals surface area contributed by atoms with Crippen molar-refractivity contribution in [2.75, 3.05) is 6.54 Å². The summed E-state index contributed by atoms with van der Waals surface area (Å²) in [6.45, 7) is 5.66. The minimum Gasteiger partial charge on any atom is -0.357 e. The molecule has 0 aliphatic rings. The van der Waals surface area contributed by atoms with Gasteiger partial charge in [-0.1, -0.05) is 42.5 Å². The van der Waals surface area contributed by atoms with E-state index in [2.05, 4.69) is 65.4 Å². The number of hydrogen-bond acceptors (Lipinski definition) is 2. The number of fused-ring (bicyclic) bond motifs is 1. The van der Waals surface area contributed by atoms with Gasteiger partial charge in [0.2, 0.25) is 0 Å². The van der Waals surface area contributed by atoms with Crippen molar-refractivity contribution in [3.8, 4) is 0 Å². The summed E-state index contributed by atoms with van der Waals surface area (Å²) < 4.78 is 2.11. The van der Waals surface area contributed by atoms with Crippen LogP contribution in [0.25, 0.3) is 11.0 Å². The number of guanidine groups is 1. The molecule has 6 heteroatoms. The van der Waals surface area contributed by atoms with E-state index < -0.39 is 0 Å². The number of rotatable bonds is 7. The summed E-state index contributed by atoms with van der Waals surface area (Å²) in [5, 5.41) is 6.85. The molecule has 0 spiro atoms. The molecule has 1 heterocycles. The predicted molar refractivity (Wildman–Crippen MR) is 128 cm³/mol. The molecule has 1 unspecified atom stereocenters. The molecular formula is C22H30IN5. The van der Waals surface area contributed by atoms with E-state index in [1.54, 1.807) is 0 Å². The van der Waals surface area contributed by atoms with Crippen LogP contribution in [0.1, 0.15) is 31.7 Å². The van der Waals surface area contributed by atoms with Crippen molar-refractivity contribution < 1.29 is 0 Å². The van der Waals surface area contributed by atoms with E-state index in [1.165, 1.54) is 5.56 Å². The van der Waals surface area contributed by atoms with E-state index in [-0.39, 0.29) is 24.0 Å². The first-order valence-corrected chi connectivity index (χ1v) is 9.66. The Labute approximate surface area is 184 Å². The van der Waals surface area contributed by atoms with Crippen LogP contribution < -0.4 is 10.6 Å². The molecule has 1 atom stereocenters. The van der Waals surface area contributed by atoms with E-state index in [1.807, 2.05) is 25.2 Å². The lowest BCUT2D eigenvalue weighted by molar-refractivity contribution is 0.592. The smallest absolute Gasteiger partial charge is 0.191 e. The molecule has 0 amide bonds. The molecule has 150 valence electrons. The molecule has 0 saturated carbocycles. The number of imidazole rings is 1. The van der Waals surface area contributed by atoms with Gasteiger partial charge >= 0.3 is 0 Å². The van der Waals surface area contributed by atoms with Crippen molar-refractivity contribution in [2.45, 2.75) is 39.3 Å². The van der Waals surface area contributed by atoms with Gasteiger partial charge in [0.1, 0.15) is 12.4 Å². The van der Waals surface area contributed by atoms with Gasteiger partial charge in [-0.15, -0.1) is 24.0 Å². The second-order valence-corrected chi connectivity index (χ2v) is 6.84. The van der Waals surface area contributed by atoms with Gasteiger partial charge in [-0.2, -0.15) is 0 Å². The van der Waals surface area contributed by atoms with Crippen LogP contribution in [-0.4, -0.2) is 28.1 Å². The summed E-state index contributed by atoms with van der Waals surface area (Å²) >= 11 is 0. The fourth-order valence-electron chi connectivity index (χ4n) is 3.14. The van der Waals surface area contributed by atoms with Gasteiger partial charge in [0.05, 0.1) is 11.0 Å². The lowest BCUT2D eigenvalue weighted by Crippen LogP contribution is -2.42. The fraction of sp³-hybridized carbons (Fsp3) is 0.364. The highest BCUT2D eigenvalue weighted by atomic mass is 127. The number of para-hydroxylation sites is 2. The van der Waals surface area contributed by atoms with Crippen LogP contribution in [0.15, 0.2) is 59.6 Å². The normalized spacial score (nSPS) is 12.5. The molecule has 0 saturated heterocycles. The Bertz CT molecular complexity index is 888. The van der Waals surface area contributed by atoms with Crippen LogP contribution in [0.2, 0.25) is 0 Å². The second-order valence-electron chi connectivity index (χ2n) is 6.84. The summed E-state index contributed by atoms with van der Waals surface area (Å²) in [4.78, 5) is 9.45. The fourth-order valence-corrected chi connectivity index (χ4v) is 3.14. The SMILES string of the molecule is CCNC(=NCc1nc2ccccc2n1C)NC(C)CCc1ccccc1.I. The molecule has 0 bridgehead atoms. The van der Waals surface area contributed by atoms with Crippen LogP contribution in [0.3, 0.4) is 0 Å². The zero-order valence-corrected chi connectivity index (χ0v) is 19.2. The number of halogens is 1. The highest BCUT2D eigenvalue weighted by Gasteiger charge is 2.09. The van der Waals surface area contributed by atoms with Gasteiger partial charge in [-0.3, -0.25) is 0 Å². The number of hydrogen-bond donors (Lipinski definition) is 2. The number of nitrogens with zero attached hydrogens (tertiary/aromatic N) is 3. The molecule has 2 aromatic carbocycles. The standard InChI is InChI=1S/C22H29N5.HI/c1-4-23-22(25-17(2)14-15-18-10-6-5-7-11-18)24-16-21-26-19-12-8-9-13-20(19)27(21)3;/h5-13,17H,4,14-16H2,1-3H3,(H2,23,24,25);1H. The highest BCUT2D eigenvalue weighted by molar-refractivity contribution is 14.0. The molecule has 5 nitrogen and oxygen atoms in total. The molecule has 0 aliphatic heterocycles. The van der Waals surface area contributed by atoms with Crippen molar-refractivity contribution in [1.29, 1.82) is 0 Å². The number of nitrogens with one attached hydrogen (secondary N) is 2. The quantitative estimate of drug-likeness (QED) is 0.295. The first-order chi connectivity index (χ1) is 13.2. The molecule has 0 fully saturated rings. The largest absolute Gasteiger partial charge is 0.357 e. The van der Waals surface area contributed by atoms with Gasteiger partial charge in [0.25, 0.3) is 0 Å². The van der Waals surface area contributed by atoms with Crippen LogP contribution >= 0.6 is 24.0 Å². The van der Waals surface area contributed by atoms with E-state index in [9.17, 15) is 0 Å². The topological polar surface area (TPSA) is 54.2 Å². The summed E-state index contributed by atoms with van der Waals surface area (Å²) in [7, 11) is 2.04. The number of aliphatic imine (C=N–C) groups is 1. The Hall–Kier alpha value is -2.09. The number of aryl methyl sites for hydroxylation is 2. The maximum atomic E-state index is 4.75. The Morgan fingerprint density at radius 1 is 1.11 bits per heavy atom. The zero-order chi connectivity index (χ0) is 19.1. The van der Waals surface area contributed by atoms with E-state index in [0.717, 1.165) is 42.2 Å². The summed E-state index contributed by atoms with van der Waals surface area (Å²) in [6.07, 6.45) is 2.11. The Kier molecular flexibility index (Phi) is 8.76. The van der Waals surface area contributed by atoms with Crippen LogP contribution in [-0.2, 0) is 20.0 Å². The van der Waals surface area contributed by atoms with E-state index in [4.69, 9.17) is 9.98 Å². The van der Waals surface area contributed by atoms with Crippen molar-refractivity contribution in [2.24, 2.45) is 12.0 Å². The van der Waals surface area contributed by atoms with Gasteiger partial charge in [-0.25, -0.2) is 9.98 Å². The molecule has 0 radical (unpaired) electrons. The molecule has 2 N–H and O–H groups in total. The minimum atomic E-state index is 0. The molecule has 0 aliphatic carbocycles. The molecule has 3 aromatic rings. The maximum Gasteiger partial charge on any atom is 0.191 e. The highest BCUT2D eigenvalue weighted by Crippen LogP contribution is 2.14. The van der Waals surface area contributed by atoms with Crippen LogP contribution in [0.4, 0.5) is 0 Å². The Morgan fingerprint density at radius 2 is 1.82 bits per heavy atom.